The second-order valence-electron chi connectivity index (χ2n) is 13.8. The Morgan fingerprint density at radius 2 is 1.76 bits per heavy atom. The highest BCUT2D eigenvalue weighted by Gasteiger charge is 2.84. The fraction of sp³-hybridized carbons (Fsp3) is 0.571. The number of hydrogen-bond acceptors (Lipinski definition) is 7. The summed E-state index contributed by atoms with van der Waals surface area (Å²) in [5, 5.41) is 0. The van der Waals surface area contributed by atoms with E-state index in [0.29, 0.717) is 17.8 Å². The van der Waals surface area contributed by atoms with Gasteiger partial charge in [-0.05, 0) is 91.4 Å². The number of esters is 2. The fourth-order valence-corrected chi connectivity index (χ4v) is 10.1. The largest absolute Gasteiger partial charge is 0.459 e. The molecule has 1 aromatic heterocycles. The minimum atomic E-state index is -0.399. The van der Waals surface area contributed by atoms with Gasteiger partial charge in [0.2, 0.25) is 0 Å². The Morgan fingerprint density at radius 3 is 2.50 bits per heavy atom. The molecule has 5 aliphatic rings. The molecule has 0 bridgehead atoms. The van der Waals surface area contributed by atoms with Gasteiger partial charge in [0.15, 0.2) is 0 Å². The molecule has 0 N–H and O–H groups in total. The molecule has 7 rings (SSSR count). The molecular weight excluding hydrogens is 532 g/mol. The number of hydrogen-bond donors (Lipinski definition) is 0. The van der Waals surface area contributed by atoms with Gasteiger partial charge in [-0.1, -0.05) is 44.2 Å². The van der Waals surface area contributed by atoms with Gasteiger partial charge in [-0.15, -0.1) is 0 Å². The summed E-state index contributed by atoms with van der Waals surface area (Å²) in [5.41, 5.74) is 1.06. The topological polar surface area (TPSA) is 95.3 Å². The van der Waals surface area contributed by atoms with Gasteiger partial charge in [0.1, 0.15) is 23.9 Å². The van der Waals surface area contributed by atoms with Crippen molar-refractivity contribution >= 4 is 18.0 Å². The minimum absolute atomic E-state index is 0.0542. The number of epoxide rings is 1. The number of carbonyl (C=O) groups is 2. The highest BCUT2D eigenvalue weighted by molar-refractivity contribution is 5.87. The molecule has 4 aliphatic carbocycles. The van der Waals surface area contributed by atoms with E-state index in [0.717, 1.165) is 56.1 Å². The number of benzene rings is 1. The molecule has 4 saturated carbocycles. The van der Waals surface area contributed by atoms with Crippen LogP contribution < -0.4 is 5.63 Å². The highest BCUT2D eigenvalue weighted by atomic mass is 16.7. The molecule has 2 heterocycles. The summed E-state index contributed by atoms with van der Waals surface area (Å²) in [4.78, 5) is 36.7. The van der Waals surface area contributed by atoms with Crippen LogP contribution in [0.5, 0.6) is 0 Å². The number of rotatable bonds is 5. The molecule has 0 radical (unpaired) electrons. The van der Waals surface area contributed by atoms with Gasteiger partial charge >= 0.3 is 17.6 Å². The maximum absolute atomic E-state index is 12.6. The second kappa shape index (κ2) is 9.94. The Balaban J connectivity index is 1.10. The molecular formula is C35H40O7. The lowest BCUT2D eigenvalue weighted by atomic mass is 9.44. The zero-order chi connectivity index (χ0) is 29.3. The van der Waals surface area contributed by atoms with E-state index < -0.39 is 6.10 Å². The Morgan fingerprint density at radius 1 is 0.952 bits per heavy atom. The van der Waals surface area contributed by atoms with Crippen molar-refractivity contribution in [3.05, 3.63) is 76.4 Å². The molecule has 2 unspecified atom stereocenters. The van der Waals surface area contributed by atoms with Crippen LogP contribution >= 0.6 is 0 Å². The van der Waals surface area contributed by atoms with Gasteiger partial charge < -0.3 is 18.6 Å². The van der Waals surface area contributed by atoms with Crippen LogP contribution in [0.15, 0.2) is 64.0 Å². The molecule has 222 valence electrons. The van der Waals surface area contributed by atoms with Crippen molar-refractivity contribution in [3.63, 3.8) is 0 Å². The molecule has 7 heteroatoms. The van der Waals surface area contributed by atoms with Crippen LogP contribution in [0.1, 0.15) is 82.8 Å². The molecule has 7 nitrogen and oxygen atoms in total. The second-order valence-corrected chi connectivity index (χ2v) is 13.8. The fourth-order valence-electron chi connectivity index (χ4n) is 10.1. The predicted octanol–water partition coefficient (Wildman–Crippen LogP) is 6.06. The summed E-state index contributed by atoms with van der Waals surface area (Å²) < 4.78 is 23.9. The lowest BCUT2D eigenvalue weighted by Gasteiger charge is -2.61. The van der Waals surface area contributed by atoms with E-state index >= 15 is 0 Å². The first-order chi connectivity index (χ1) is 20.2. The van der Waals surface area contributed by atoms with Crippen LogP contribution in [0.25, 0.3) is 6.08 Å². The first-order valence-electron chi connectivity index (χ1n) is 15.5. The van der Waals surface area contributed by atoms with Crippen molar-refractivity contribution in [1.82, 2.24) is 0 Å². The predicted molar refractivity (Wildman–Crippen MR) is 155 cm³/mol. The summed E-state index contributed by atoms with van der Waals surface area (Å²) in [6.45, 7) is 6.22. The van der Waals surface area contributed by atoms with Crippen molar-refractivity contribution in [1.29, 1.82) is 0 Å². The summed E-state index contributed by atoms with van der Waals surface area (Å²) >= 11 is 0. The average molecular weight is 573 g/mol. The Bertz CT molecular complexity index is 1440. The molecule has 1 aromatic carbocycles. The van der Waals surface area contributed by atoms with Crippen molar-refractivity contribution in [2.75, 3.05) is 0 Å². The van der Waals surface area contributed by atoms with Gasteiger partial charge in [-0.2, -0.15) is 0 Å². The van der Waals surface area contributed by atoms with Crippen molar-refractivity contribution in [2.24, 2.45) is 28.6 Å². The van der Waals surface area contributed by atoms with E-state index in [9.17, 15) is 14.4 Å². The summed E-state index contributed by atoms with van der Waals surface area (Å²) in [5.74, 6) is 0.687. The maximum atomic E-state index is 12.6. The number of ether oxygens (including phenoxy) is 3. The summed E-state index contributed by atoms with van der Waals surface area (Å²) in [6.07, 6.45) is 11.3. The van der Waals surface area contributed by atoms with Gasteiger partial charge in [-0.25, -0.2) is 9.59 Å². The third-order valence-electron chi connectivity index (χ3n) is 11.9. The van der Waals surface area contributed by atoms with Crippen LogP contribution in [0.2, 0.25) is 0 Å². The van der Waals surface area contributed by atoms with E-state index in [1.165, 1.54) is 13.0 Å². The SMILES string of the molecule is CC(=O)O[C@H]1[C@H]2OC23C2CC[C@@H]4C[C@@H](OC(=O)/C=C/c5ccccc5)CC[C@]4(C)[C@H]2CC[C@]3(C)[C@H]1c1ccc(=O)oc1. The van der Waals surface area contributed by atoms with Gasteiger partial charge in [0.25, 0.3) is 0 Å². The molecule has 10 atom stereocenters. The van der Waals surface area contributed by atoms with E-state index in [-0.39, 0.29) is 52.1 Å². The normalized spacial score (nSPS) is 41.6. The lowest BCUT2D eigenvalue weighted by Crippen LogP contribution is -2.58. The zero-order valence-electron chi connectivity index (χ0n) is 24.6. The van der Waals surface area contributed by atoms with Crippen molar-refractivity contribution in [3.8, 4) is 0 Å². The third kappa shape index (κ3) is 4.14. The quantitative estimate of drug-likeness (QED) is 0.244. The number of carbonyl (C=O) groups excluding carboxylic acids is 2. The van der Waals surface area contributed by atoms with E-state index in [1.54, 1.807) is 12.3 Å². The van der Waals surface area contributed by atoms with Crippen LogP contribution in [-0.4, -0.2) is 35.9 Å². The average Bonchev–Trinajstić information content (AvgIpc) is 3.68. The minimum Gasteiger partial charge on any atom is -0.459 e. The van der Waals surface area contributed by atoms with Crippen LogP contribution in [0.4, 0.5) is 0 Å². The standard InChI is InChI=1S/C35H40O7/c1-21(36)40-31-30(23-10-14-28(37)39-20-23)34(3)18-16-26-27(35(34)32(31)42-35)12-11-24-19-25(15-17-33(24,26)2)41-29(38)13-9-22-7-5-4-6-8-22/h4-10,13-14,20,24-27,30-32H,11-12,15-19H2,1-3H3/b13-9+/t24-,25+,26+,27?,30+,31-,32-,33+,34-,35?/m1/s1. The van der Waals surface area contributed by atoms with Gasteiger partial charge in [-0.3, -0.25) is 4.79 Å². The molecule has 42 heavy (non-hydrogen) atoms. The summed E-state index contributed by atoms with van der Waals surface area (Å²) in [6, 6.07) is 13.1. The van der Waals surface area contributed by atoms with Crippen LogP contribution in [0.3, 0.4) is 0 Å². The Labute approximate surface area is 246 Å². The zero-order valence-corrected chi connectivity index (χ0v) is 24.6. The Hall–Kier alpha value is -3.19. The highest BCUT2D eigenvalue weighted by Crippen LogP contribution is 2.78. The molecule has 5 fully saturated rings. The smallest absolute Gasteiger partial charge is 0.335 e. The van der Waals surface area contributed by atoms with E-state index in [4.69, 9.17) is 18.6 Å². The Kier molecular flexibility index (Phi) is 6.54. The van der Waals surface area contributed by atoms with E-state index in [1.807, 2.05) is 42.5 Å². The molecule has 0 amide bonds. The molecule has 2 aromatic rings. The van der Waals surface area contributed by atoms with Gasteiger partial charge in [0.05, 0.1) is 6.26 Å². The van der Waals surface area contributed by atoms with Crippen LogP contribution in [-0.2, 0) is 23.8 Å². The van der Waals surface area contributed by atoms with Gasteiger partial charge in [0, 0.05) is 30.4 Å². The lowest BCUT2D eigenvalue weighted by molar-refractivity contribution is -0.165. The third-order valence-corrected chi connectivity index (χ3v) is 11.9. The molecule has 1 spiro atoms. The molecule has 1 aliphatic heterocycles. The first kappa shape index (κ1) is 27.6. The molecule has 1 saturated heterocycles. The van der Waals surface area contributed by atoms with E-state index in [2.05, 4.69) is 13.8 Å². The monoisotopic (exact) mass is 572 g/mol. The maximum Gasteiger partial charge on any atom is 0.335 e. The van der Waals surface area contributed by atoms with Crippen LogP contribution in [0, 0.1) is 28.6 Å². The first-order valence-corrected chi connectivity index (χ1v) is 15.5. The van der Waals surface area contributed by atoms with Crippen molar-refractivity contribution in [2.45, 2.75) is 95.5 Å². The summed E-state index contributed by atoms with van der Waals surface area (Å²) in [7, 11) is 0. The number of fused-ring (bicyclic) bond motifs is 3. The van der Waals surface area contributed by atoms with Crippen molar-refractivity contribution < 1.29 is 28.2 Å².